The monoisotopic (exact) mass is 555 g/mol. The lowest BCUT2D eigenvalue weighted by Gasteiger charge is -2.26. The number of benzene rings is 5. The third-order valence-corrected chi connectivity index (χ3v) is 7.22. The van der Waals surface area contributed by atoms with Crippen molar-refractivity contribution in [2.24, 2.45) is 0 Å². The molecular weight excluding hydrogens is 530 g/mol. The third-order valence-electron chi connectivity index (χ3n) is 7.22. The summed E-state index contributed by atoms with van der Waals surface area (Å²) in [4.78, 5) is 1.95. The van der Waals surface area contributed by atoms with Crippen LogP contribution in [0.2, 0.25) is 0 Å². The maximum absolute atomic E-state index is 4.71. The summed E-state index contributed by atoms with van der Waals surface area (Å²) in [6.45, 7) is 0. The van der Waals surface area contributed by atoms with Gasteiger partial charge in [-0.2, -0.15) is 0 Å². The van der Waals surface area contributed by atoms with E-state index in [0.29, 0.717) is 17.3 Å². The second kappa shape index (κ2) is 11.8. The van der Waals surface area contributed by atoms with Gasteiger partial charge in [0.1, 0.15) is 5.69 Å². The molecule has 0 saturated carbocycles. The Bertz CT molecular complexity index is 1910. The molecule has 0 radical (unpaired) electrons. The molecule has 0 atom stereocenters. The summed E-state index contributed by atoms with van der Waals surface area (Å²) in [5.41, 5.74) is 8.62. The fourth-order valence-corrected chi connectivity index (χ4v) is 5.35. The molecule has 5 aromatic carbocycles. The Balaban J connectivity index is 1.60. The van der Waals surface area contributed by atoms with Crippen LogP contribution in [0.25, 0.3) is 44.6 Å². The van der Waals surface area contributed by atoms with E-state index < -0.39 is 0 Å². The van der Waals surface area contributed by atoms with Gasteiger partial charge in [-0.15, -0.1) is 20.4 Å². The van der Waals surface area contributed by atoms with Crippen molar-refractivity contribution >= 4 is 17.3 Å². The average Bonchev–Trinajstić information content (AvgIpc) is 3.10. The highest BCUT2D eigenvalue weighted by molar-refractivity contribution is 6.02. The normalized spacial score (nSPS) is 10.8. The lowest BCUT2D eigenvalue weighted by atomic mass is 9.86. The van der Waals surface area contributed by atoms with Crippen LogP contribution >= 0.6 is 0 Å². The first-order valence-corrected chi connectivity index (χ1v) is 13.9. The molecule has 0 aliphatic rings. The highest BCUT2D eigenvalue weighted by Gasteiger charge is 2.27. The number of anilines is 3. The molecule has 0 fully saturated rings. The van der Waals surface area contributed by atoms with Crippen molar-refractivity contribution in [1.82, 2.24) is 30.8 Å². The van der Waals surface area contributed by atoms with Gasteiger partial charge >= 0.3 is 0 Å². The van der Waals surface area contributed by atoms with Crippen LogP contribution < -0.4 is 4.90 Å². The summed E-state index contributed by atoms with van der Waals surface area (Å²) >= 11 is 0. The van der Waals surface area contributed by atoms with Crippen molar-refractivity contribution in [3.8, 4) is 44.6 Å². The van der Waals surface area contributed by atoms with E-state index in [1.54, 1.807) is 6.20 Å². The topological polar surface area (TPSA) is 80.6 Å². The zero-order valence-electron chi connectivity index (χ0n) is 23.1. The lowest BCUT2D eigenvalue weighted by Crippen LogP contribution is -2.17. The zero-order chi connectivity index (χ0) is 28.8. The maximum Gasteiger partial charge on any atom is 0.173 e. The average molecular weight is 556 g/mol. The molecule has 204 valence electrons. The number of para-hydroxylation sites is 1. The predicted molar refractivity (Wildman–Crippen MR) is 170 cm³/mol. The molecule has 7 aromatic rings. The molecule has 0 N–H and O–H groups in total. The summed E-state index contributed by atoms with van der Waals surface area (Å²) in [5, 5.41) is 25.9. The largest absolute Gasteiger partial charge is 0.275 e. The van der Waals surface area contributed by atoms with E-state index in [2.05, 4.69) is 92.5 Å². The molecule has 0 spiro atoms. The van der Waals surface area contributed by atoms with E-state index in [1.807, 2.05) is 83.8 Å². The van der Waals surface area contributed by atoms with Crippen molar-refractivity contribution in [3.63, 3.8) is 0 Å². The minimum absolute atomic E-state index is 0.558. The van der Waals surface area contributed by atoms with Crippen molar-refractivity contribution < 1.29 is 0 Å². The van der Waals surface area contributed by atoms with Crippen LogP contribution in [0.5, 0.6) is 0 Å². The smallest absolute Gasteiger partial charge is 0.173 e. The van der Waals surface area contributed by atoms with E-state index in [4.69, 9.17) is 5.10 Å². The first kappa shape index (κ1) is 25.9. The fourth-order valence-electron chi connectivity index (χ4n) is 5.35. The molecule has 0 unspecified atom stereocenters. The van der Waals surface area contributed by atoms with Crippen molar-refractivity contribution in [2.45, 2.75) is 0 Å². The SMILES string of the molecule is c1ccc(-c2cccc(-c3c(-c4ccccc4)nnnc3N(c3ccccc3)c3ccnnn3)c2-c2ccccc2)cc1. The number of hydrogen-bond donors (Lipinski definition) is 0. The lowest BCUT2D eigenvalue weighted by molar-refractivity contribution is 0.837. The molecule has 43 heavy (non-hydrogen) atoms. The molecule has 0 aliphatic carbocycles. The highest BCUT2D eigenvalue weighted by Crippen LogP contribution is 2.47. The number of nitrogens with zero attached hydrogens (tertiary/aromatic N) is 7. The number of aromatic nitrogens is 6. The standard InChI is InChI=1S/C36H25N7/c1-5-14-26(15-6-1)30-22-13-23-31(33(30)27-16-7-2-8-17-27)34-35(28-18-9-3-10-19-28)39-42-40-36(34)43(29-20-11-4-12-21-29)32-24-25-37-41-38-32/h1-25H. The van der Waals surface area contributed by atoms with Gasteiger partial charge in [0.25, 0.3) is 0 Å². The van der Waals surface area contributed by atoms with Gasteiger partial charge in [-0.25, -0.2) is 0 Å². The van der Waals surface area contributed by atoms with Gasteiger partial charge in [0.2, 0.25) is 0 Å². The molecule has 2 aromatic heterocycles. The van der Waals surface area contributed by atoms with E-state index in [-0.39, 0.29) is 0 Å². The summed E-state index contributed by atoms with van der Waals surface area (Å²) in [6.07, 6.45) is 1.62. The molecule has 0 bridgehead atoms. The van der Waals surface area contributed by atoms with Crippen LogP contribution in [0.3, 0.4) is 0 Å². The van der Waals surface area contributed by atoms with Crippen molar-refractivity contribution in [3.05, 3.63) is 152 Å². The Hall–Kier alpha value is -6.08. The maximum atomic E-state index is 4.71. The highest BCUT2D eigenvalue weighted by atomic mass is 15.4. The predicted octanol–water partition coefficient (Wildman–Crippen LogP) is 8.19. The van der Waals surface area contributed by atoms with E-state index >= 15 is 0 Å². The fraction of sp³-hybridized carbons (Fsp3) is 0. The number of rotatable bonds is 7. The molecule has 2 heterocycles. The van der Waals surface area contributed by atoms with Gasteiger partial charge in [-0.05, 0) is 50.4 Å². The molecular formula is C36H25N7. The summed E-state index contributed by atoms with van der Waals surface area (Å²) < 4.78 is 0. The minimum Gasteiger partial charge on any atom is -0.275 e. The Labute approximate surface area is 249 Å². The Morgan fingerprint density at radius 1 is 0.419 bits per heavy atom. The van der Waals surface area contributed by atoms with Crippen LogP contribution in [0.1, 0.15) is 0 Å². The first-order valence-electron chi connectivity index (χ1n) is 13.9. The van der Waals surface area contributed by atoms with Gasteiger partial charge in [0.05, 0.1) is 11.8 Å². The van der Waals surface area contributed by atoms with E-state index in [9.17, 15) is 0 Å². The Kier molecular flexibility index (Phi) is 7.10. The van der Waals surface area contributed by atoms with Crippen LogP contribution in [0, 0.1) is 0 Å². The Morgan fingerprint density at radius 3 is 1.67 bits per heavy atom. The summed E-state index contributed by atoms with van der Waals surface area (Å²) in [5.74, 6) is 1.13. The van der Waals surface area contributed by atoms with E-state index in [1.165, 1.54) is 0 Å². The quantitative estimate of drug-likeness (QED) is 0.196. The molecule has 0 aliphatic heterocycles. The Morgan fingerprint density at radius 2 is 1.02 bits per heavy atom. The molecule has 7 rings (SSSR count). The van der Waals surface area contributed by atoms with Crippen LogP contribution in [0.4, 0.5) is 17.3 Å². The third kappa shape index (κ3) is 5.11. The van der Waals surface area contributed by atoms with Gasteiger partial charge in [-0.1, -0.05) is 127 Å². The van der Waals surface area contributed by atoms with Gasteiger partial charge in [0, 0.05) is 17.3 Å². The minimum atomic E-state index is 0.558. The van der Waals surface area contributed by atoms with Crippen molar-refractivity contribution in [2.75, 3.05) is 4.90 Å². The van der Waals surface area contributed by atoms with Crippen LogP contribution in [-0.4, -0.2) is 30.8 Å². The molecule has 7 nitrogen and oxygen atoms in total. The van der Waals surface area contributed by atoms with Gasteiger partial charge < -0.3 is 0 Å². The van der Waals surface area contributed by atoms with Crippen LogP contribution in [-0.2, 0) is 0 Å². The summed E-state index contributed by atoms with van der Waals surface area (Å²) in [6, 6.07) is 49.1. The second-order valence-electron chi connectivity index (χ2n) is 9.81. The van der Waals surface area contributed by atoms with E-state index in [0.717, 1.165) is 44.6 Å². The van der Waals surface area contributed by atoms with Crippen LogP contribution in [0.15, 0.2) is 152 Å². The number of hydrogen-bond acceptors (Lipinski definition) is 7. The van der Waals surface area contributed by atoms with Gasteiger partial charge in [-0.3, -0.25) is 4.90 Å². The first-order chi connectivity index (χ1) is 21.4. The van der Waals surface area contributed by atoms with Crippen molar-refractivity contribution in [1.29, 1.82) is 0 Å². The second-order valence-corrected chi connectivity index (χ2v) is 9.81. The van der Waals surface area contributed by atoms with Gasteiger partial charge in [0.15, 0.2) is 11.6 Å². The zero-order valence-corrected chi connectivity index (χ0v) is 23.1. The molecule has 0 amide bonds. The summed E-state index contributed by atoms with van der Waals surface area (Å²) in [7, 11) is 0. The molecule has 7 heteroatoms. The molecule has 0 saturated heterocycles.